The fraction of sp³-hybridized carbons (Fsp3) is 0.286. The molecule has 1 saturated carbocycles. The molecule has 0 unspecified atom stereocenters. The molecule has 0 bridgehead atoms. The molecule has 0 radical (unpaired) electrons. The van der Waals surface area contributed by atoms with E-state index in [1.165, 1.54) is 0 Å². The Morgan fingerprint density at radius 3 is 2.50 bits per heavy atom. The van der Waals surface area contributed by atoms with Crippen LogP contribution < -0.4 is 5.32 Å². The van der Waals surface area contributed by atoms with Crippen LogP contribution in [0.5, 0.6) is 0 Å². The summed E-state index contributed by atoms with van der Waals surface area (Å²) in [5.74, 6) is -1.33. The molecule has 28 heavy (non-hydrogen) atoms. The SMILES string of the molecule is O=C(O)C1(Nc2cccc(Cl)c2)CCC2(CC1)C(Br)=Cc1c2ccc(Cl)c1F. The fourth-order valence-electron chi connectivity index (χ4n) is 4.36. The van der Waals surface area contributed by atoms with E-state index in [1.807, 2.05) is 6.07 Å². The Balaban J connectivity index is 1.66. The van der Waals surface area contributed by atoms with E-state index in [0.717, 1.165) is 10.0 Å². The van der Waals surface area contributed by atoms with Gasteiger partial charge >= 0.3 is 5.97 Å². The van der Waals surface area contributed by atoms with Crippen LogP contribution in [-0.2, 0) is 10.2 Å². The smallest absolute Gasteiger partial charge is 0.329 e. The van der Waals surface area contributed by atoms with Crippen molar-refractivity contribution in [3.63, 3.8) is 0 Å². The normalized spacial score (nSPS) is 26.1. The van der Waals surface area contributed by atoms with Crippen molar-refractivity contribution in [2.24, 2.45) is 0 Å². The van der Waals surface area contributed by atoms with E-state index in [9.17, 15) is 14.3 Å². The zero-order chi connectivity index (χ0) is 20.1. The van der Waals surface area contributed by atoms with Gasteiger partial charge in [-0.05, 0) is 61.6 Å². The van der Waals surface area contributed by atoms with Gasteiger partial charge in [0, 0.05) is 26.2 Å². The molecule has 2 aromatic carbocycles. The number of carboxylic acid groups (broad SMARTS) is 1. The van der Waals surface area contributed by atoms with Crippen molar-refractivity contribution in [1.29, 1.82) is 0 Å². The van der Waals surface area contributed by atoms with Gasteiger partial charge in [-0.3, -0.25) is 0 Å². The molecule has 4 rings (SSSR count). The number of fused-ring (bicyclic) bond motifs is 2. The lowest BCUT2D eigenvalue weighted by molar-refractivity contribution is -0.143. The first kappa shape index (κ1) is 19.7. The van der Waals surface area contributed by atoms with E-state index < -0.39 is 22.7 Å². The van der Waals surface area contributed by atoms with Gasteiger partial charge in [0.25, 0.3) is 0 Å². The van der Waals surface area contributed by atoms with Crippen LogP contribution in [-0.4, -0.2) is 16.6 Å². The van der Waals surface area contributed by atoms with Crippen molar-refractivity contribution in [2.75, 3.05) is 5.32 Å². The number of carbonyl (C=O) groups is 1. The molecule has 0 aliphatic heterocycles. The second-order valence-electron chi connectivity index (χ2n) is 7.42. The van der Waals surface area contributed by atoms with Gasteiger partial charge in [0.15, 0.2) is 0 Å². The van der Waals surface area contributed by atoms with Crippen LogP contribution in [0.25, 0.3) is 6.08 Å². The van der Waals surface area contributed by atoms with Gasteiger partial charge in [0.1, 0.15) is 11.4 Å². The Bertz CT molecular complexity index is 1000. The van der Waals surface area contributed by atoms with Gasteiger partial charge in [0.05, 0.1) is 5.02 Å². The van der Waals surface area contributed by atoms with Crippen LogP contribution in [0.3, 0.4) is 0 Å². The monoisotopic (exact) mass is 483 g/mol. The molecule has 0 aromatic heterocycles. The van der Waals surface area contributed by atoms with Gasteiger partial charge in [-0.1, -0.05) is 51.3 Å². The number of benzene rings is 2. The zero-order valence-corrected chi connectivity index (χ0v) is 17.8. The van der Waals surface area contributed by atoms with E-state index in [4.69, 9.17) is 23.2 Å². The van der Waals surface area contributed by atoms with Crippen molar-refractivity contribution in [3.8, 4) is 0 Å². The summed E-state index contributed by atoms with van der Waals surface area (Å²) in [6.45, 7) is 0. The zero-order valence-electron chi connectivity index (χ0n) is 14.7. The second-order valence-corrected chi connectivity index (χ2v) is 9.12. The predicted molar refractivity (Wildman–Crippen MR) is 114 cm³/mol. The van der Waals surface area contributed by atoms with Crippen molar-refractivity contribution in [1.82, 2.24) is 0 Å². The first-order chi connectivity index (χ1) is 13.3. The number of halogens is 4. The highest BCUT2D eigenvalue weighted by Gasteiger charge is 2.51. The molecule has 0 atom stereocenters. The summed E-state index contributed by atoms with van der Waals surface area (Å²) in [5, 5.41) is 13.8. The Morgan fingerprint density at radius 2 is 1.86 bits per heavy atom. The summed E-state index contributed by atoms with van der Waals surface area (Å²) in [6, 6.07) is 10.5. The molecule has 7 heteroatoms. The summed E-state index contributed by atoms with van der Waals surface area (Å²) in [7, 11) is 0. The first-order valence-electron chi connectivity index (χ1n) is 8.91. The second kappa shape index (κ2) is 7.05. The first-order valence-corrected chi connectivity index (χ1v) is 10.5. The van der Waals surface area contributed by atoms with E-state index in [-0.39, 0.29) is 5.02 Å². The maximum atomic E-state index is 14.5. The van der Waals surface area contributed by atoms with Crippen LogP contribution in [0.2, 0.25) is 10.0 Å². The van der Waals surface area contributed by atoms with Gasteiger partial charge < -0.3 is 10.4 Å². The minimum atomic E-state index is -1.10. The maximum Gasteiger partial charge on any atom is 0.329 e. The lowest BCUT2D eigenvalue weighted by Crippen LogP contribution is -2.52. The molecule has 146 valence electrons. The van der Waals surface area contributed by atoms with E-state index in [2.05, 4.69) is 21.2 Å². The largest absolute Gasteiger partial charge is 0.480 e. The highest BCUT2D eigenvalue weighted by atomic mass is 79.9. The van der Waals surface area contributed by atoms with Crippen molar-refractivity contribution < 1.29 is 14.3 Å². The lowest BCUT2D eigenvalue weighted by atomic mass is 9.65. The van der Waals surface area contributed by atoms with Gasteiger partial charge in [-0.15, -0.1) is 0 Å². The molecule has 2 N–H and O–H groups in total. The highest BCUT2D eigenvalue weighted by molar-refractivity contribution is 9.11. The molecule has 1 fully saturated rings. The van der Waals surface area contributed by atoms with Gasteiger partial charge in [-0.2, -0.15) is 0 Å². The molecule has 3 nitrogen and oxygen atoms in total. The number of rotatable bonds is 3. The average molecular weight is 485 g/mol. The van der Waals surface area contributed by atoms with Crippen LogP contribution in [0.1, 0.15) is 36.8 Å². The Labute approximate surface area is 180 Å². The predicted octanol–water partition coefficient (Wildman–Crippen LogP) is 6.63. The molecule has 0 saturated heterocycles. The topological polar surface area (TPSA) is 49.3 Å². The third kappa shape index (κ3) is 3.04. The summed E-state index contributed by atoms with van der Waals surface area (Å²) >= 11 is 15.6. The number of hydrogen-bond donors (Lipinski definition) is 2. The van der Waals surface area contributed by atoms with Gasteiger partial charge in [-0.25, -0.2) is 9.18 Å². The van der Waals surface area contributed by atoms with Crippen LogP contribution >= 0.6 is 39.1 Å². The number of carboxylic acids is 1. The minimum absolute atomic E-state index is 0.0886. The fourth-order valence-corrected chi connectivity index (χ4v) is 5.56. The number of anilines is 1. The Hall–Kier alpha value is -1.56. The summed E-state index contributed by atoms with van der Waals surface area (Å²) in [6.07, 6.45) is 3.69. The van der Waals surface area contributed by atoms with Crippen molar-refractivity contribution in [2.45, 2.75) is 36.6 Å². The summed E-state index contributed by atoms with van der Waals surface area (Å²) in [4.78, 5) is 12.2. The third-order valence-corrected chi connectivity index (χ3v) is 7.47. The molecule has 2 aliphatic carbocycles. The molecule has 0 heterocycles. The van der Waals surface area contributed by atoms with Gasteiger partial charge in [0.2, 0.25) is 0 Å². The summed E-state index contributed by atoms with van der Waals surface area (Å²) in [5.41, 5.74) is 0.505. The Morgan fingerprint density at radius 1 is 1.14 bits per heavy atom. The lowest BCUT2D eigenvalue weighted by Gasteiger charge is -2.44. The molecule has 2 aromatic rings. The van der Waals surface area contributed by atoms with Crippen LogP contribution in [0, 0.1) is 5.82 Å². The van der Waals surface area contributed by atoms with E-state index in [1.54, 1.807) is 36.4 Å². The molecule has 1 spiro atoms. The maximum absolute atomic E-state index is 14.5. The molecular weight excluding hydrogens is 468 g/mol. The van der Waals surface area contributed by atoms with Crippen LogP contribution in [0.15, 0.2) is 40.9 Å². The summed E-state index contributed by atoms with van der Waals surface area (Å²) < 4.78 is 15.4. The van der Waals surface area contributed by atoms with E-state index in [0.29, 0.717) is 42.0 Å². The average Bonchev–Trinajstić information content (AvgIpc) is 2.93. The third-order valence-electron chi connectivity index (χ3n) is 5.95. The van der Waals surface area contributed by atoms with Crippen LogP contribution in [0.4, 0.5) is 10.1 Å². The standard InChI is InChI=1S/C21H17BrCl2FNO2/c22-17-11-14-15(4-5-16(24)18(14)25)20(17)6-8-21(9-7-20,19(27)28)26-13-3-1-2-12(23)10-13/h1-5,10-11,26H,6-9H2,(H,27,28). The molecule has 0 amide bonds. The quantitative estimate of drug-likeness (QED) is 0.514. The Kier molecular flexibility index (Phi) is 4.97. The van der Waals surface area contributed by atoms with E-state index >= 15 is 0 Å². The minimum Gasteiger partial charge on any atom is -0.480 e. The van der Waals surface area contributed by atoms with Crippen molar-refractivity contribution >= 4 is 56.9 Å². The highest BCUT2D eigenvalue weighted by Crippen LogP contribution is 2.56. The van der Waals surface area contributed by atoms with Crippen molar-refractivity contribution in [3.05, 3.63) is 67.9 Å². The molecular formula is C21H17BrCl2FNO2. The number of hydrogen-bond acceptors (Lipinski definition) is 2. The molecule has 2 aliphatic rings. The number of allylic oxidation sites excluding steroid dienone is 1. The number of aliphatic carboxylic acids is 1. The number of nitrogens with one attached hydrogen (secondary N) is 1.